The van der Waals surface area contributed by atoms with Gasteiger partial charge in [-0.1, -0.05) is 0 Å². The molecule has 1 aromatic carbocycles. The lowest BCUT2D eigenvalue weighted by atomic mass is 10.2. The van der Waals surface area contributed by atoms with E-state index in [1.165, 1.54) is 18.5 Å². The number of H-pyrrole nitrogens is 1. The Morgan fingerprint density at radius 3 is 2.95 bits per heavy atom. The van der Waals surface area contributed by atoms with Crippen LogP contribution in [0.15, 0.2) is 23.3 Å². The monoisotopic (exact) mass is 286 g/mol. The molecule has 0 saturated carbocycles. The lowest BCUT2D eigenvalue weighted by Crippen LogP contribution is -2.09. The lowest BCUT2D eigenvalue weighted by molar-refractivity contribution is -0.383. The van der Waals surface area contributed by atoms with Crippen molar-refractivity contribution in [3.05, 3.63) is 38.9 Å². The molecular weight excluding hydrogens is 272 g/mol. The molecule has 21 heavy (non-hydrogen) atoms. The molecule has 0 radical (unpaired) electrons. The van der Waals surface area contributed by atoms with Crippen LogP contribution < -0.4 is 10.9 Å². The number of fused-ring (bicyclic) bond motifs is 1. The molecule has 1 aromatic heterocycles. The molecule has 0 aliphatic heterocycles. The topological polar surface area (TPSA) is 101 Å². The first kappa shape index (κ1) is 14.5. The number of anilines is 1. The summed E-state index contributed by atoms with van der Waals surface area (Å²) in [6.07, 6.45) is 8.77. The summed E-state index contributed by atoms with van der Waals surface area (Å²) in [5.74, 6) is 2.54. The van der Waals surface area contributed by atoms with E-state index in [2.05, 4.69) is 21.2 Å². The molecule has 0 atom stereocenters. The van der Waals surface area contributed by atoms with Crippen LogP contribution in [0.5, 0.6) is 0 Å². The van der Waals surface area contributed by atoms with Crippen molar-refractivity contribution < 1.29 is 4.92 Å². The van der Waals surface area contributed by atoms with E-state index in [1.54, 1.807) is 0 Å². The summed E-state index contributed by atoms with van der Waals surface area (Å²) in [5.41, 5.74) is 0.225. The third-order valence-corrected chi connectivity index (χ3v) is 3.02. The van der Waals surface area contributed by atoms with E-state index in [-0.39, 0.29) is 11.1 Å². The first-order chi connectivity index (χ1) is 10.1. The Morgan fingerprint density at radius 2 is 2.24 bits per heavy atom. The van der Waals surface area contributed by atoms with Crippen LogP contribution in [0, 0.1) is 22.5 Å². The molecule has 0 bridgehead atoms. The molecule has 0 aliphatic rings. The number of aromatic amines is 1. The number of hydrogen-bond donors (Lipinski definition) is 2. The number of hydrogen-bond acceptors (Lipinski definition) is 5. The zero-order chi connectivity index (χ0) is 15.2. The quantitative estimate of drug-likeness (QED) is 0.366. The number of unbranched alkanes of at least 4 members (excludes halogenated alkanes) is 2. The maximum Gasteiger partial charge on any atom is 0.293 e. The molecule has 0 fully saturated rings. The summed E-state index contributed by atoms with van der Waals surface area (Å²) >= 11 is 0. The number of nitro groups is 1. The van der Waals surface area contributed by atoms with Crippen molar-refractivity contribution in [1.82, 2.24) is 9.97 Å². The van der Waals surface area contributed by atoms with Crippen LogP contribution in [0.1, 0.15) is 19.3 Å². The van der Waals surface area contributed by atoms with Crippen molar-refractivity contribution in [3.8, 4) is 12.3 Å². The molecule has 7 heteroatoms. The van der Waals surface area contributed by atoms with Gasteiger partial charge in [-0.05, 0) is 18.9 Å². The third kappa shape index (κ3) is 3.36. The molecule has 0 aliphatic carbocycles. The van der Waals surface area contributed by atoms with Crippen LogP contribution in [0.2, 0.25) is 0 Å². The summed E-state index contributed by atoms with van der Waals surface area (Å²) in [7, 11) is 0. The third-order valence-electron chi connectivity index (χ3n) is 3.02. The van der Waals surface area contributed by atoms with Gasteiger partial charge in [0, 0.05) is 19.0 Å². The number of nitro benzene ring substituents is 1. The van der Waals surface area contributed by atoms with E-state index < -0.39 is 10.5 Å². The van der Waals surface area contributed by atoms with Crippen molar-refractivity contribution in [2.45, 2.75) is 19.3 Å². The molecule has 0 unspecified atom stereocenters. The van der Waals surface area contributed by atoms with Crippen molar-refractivity contribution in [3.63, 3.8) is 0 Å². The fourth-order valence-electron chi connectivity index (χ4n) is 1.97. The molecule has 108 valence electrons. The van der Waals surface area contributed by atoms with Gasteiger partial charge in [-0.15, -0.1) is 12.3 Å². The zero-order valence-electron chi connectivity index (χ0n) is 11.3. The van der Waals surface area contributed by atoms with Gasteiger partial charge >= 0.3 is 0 Å². The van der Waals surface area contributed by atoms with Crippen molar-refractivity contribution in [1.29, 1.82) is 0 Å². The minimum Gasteiger partial charge on any atom is -0.379 e. The number of nitrogens with one attached hydrogen (secondary N) is 2. The van der Waals surface area contributed by atoms with Gasteiger partial charge in [0.2, 0.25) is 0 Å². The number of terminal acetylenes is 1. The first-order valence-corrected chi connectivity index (χ1v) is 6.46. The number of aromatic nitrogens is 2. The van der Waals surface area contributed by atoms with Gasteiger partial charge in [-0.25, -0.2) is 4.98 Å². The second kappa shape index (κ2) is 6.52. The molecule has 0 saturated heterocycles. The molecule has 2 aromatic rings. The smallest absolute Gasteiger partial charge is 0.293 e. The molecule has 0 spiro atoms. The largest absolute Gasteiger partial charge is 0.379 e. The molecule has 7 nitrogen and oxygen atoms in total. The van der Waals surface area contributed by atoms with E-state index >= 15 is 0 Å². The maximum absolute atomic E-state index is 11.6. The highest BCUT2D eigenvalue weighted by Gasteiger charge is 2.16. The standard InChI is InChI=1S/C14H14N4O3/c1-2-3-4-5-6-15-12-8-11-10(7-13(12)18(20)21)14(19)17-9-16-11/h1,7-9,15H,3-6H2,(H,16,17,19). The van der Waals surface area contributed by atoms with Crippen LogP contribution in [-0.4, -0.2) is 21.4 Å². The molecule has 1 heterocycles. The van der Waals surface area contributed by atoms with Crippen molar-refractivity contribution in [2.75, 3.05) is 11.9 Å². The first-order valence-electron chi connectivity index (χ1n) is 6.46. The predicted octanol–water partition coefficient (Wildman–Crippen LogP) is 2.05. The van der Waals surface area contributed by atoms with Crippen LogP contribution in [0.3, 0.4) is 0 Å². The van der Waals surface area contributed by atoms with E-state index in [4.69, 9.17) is 6.42 Å². The van der Waals surface area contributed by atoms with Gasteiger partial charge in [0.15, 0.2) is 0 Å². The molecule has 2 rings (SSSR count). The SMILES string of the molecule is C#CCCCCNc1cc2nc[nH]c(=O)c2cc1[N+](=O)[O-]. The fraction of sp³-hybridized carbons (Fsp3) is 0.286. The number of rotatable bonds is 6. The van der Waals surface area contributed by atoms with Crippen LogP contribution in [0.4, 0.5) is 11.4 Å². The summed E-state index contributed by atoms with van der Waals surface area (Å²) in [4.78, 5) is 28.7. The summed E-state index contributed by atoms with van der Waals surface area (Å²) in [6, 6.07) is 2.76. The van der Waals surface area contributed by atoms with Crippen LogP contribution in [-0.2, 0) is 0 Å². The van der Waals surface area contributed by atoms with Crippen molar-refractivity contribution >= 4 is 22.3 Å². The molecular formula is C14H14N4O3. The highest BCUT2D eigenvalue weighted by atomic mass is 16.6. The predicted molar refractivity (Wildman–Crippen MR) is 80.2 cm³/mol. The van der Waals surface area contributed by atoms with Crippen molar-refractivity contribution in [2.24, 2.45) is 0 Å². The van der Waals surface area contributed by atoms with Gasteiger partial charge in [-0.2, -0.15) is 0 Å². The number of benzene rings is 1. The van der Waals surface area contributed by atoms with Gasteiger partial charge in [0.25, 0.3) is 11.2 Å². The second-order valence-corrected chi connectivity index (χ2v) is 4.46. The highest BCUT2D eigenvalue weighted by Crippen LogP contribution is 2.27. The van der Waals surface area contributed by atoms with Gasteiger partial charge in [0.05, 0.1) is 22.2 Å². The minimum atomic E-state index is -0.518. The zero-order valence-corrected chi connectivity index (χ0v) is 11.3. The average Bonchev–Trinajstić information content (AvgIpc) is 2.46. The lowest BCUT2D eigenvalue weighted by Gasteiger charge is -2.07. The fourth-order valence-corrected chi connectivity index (χ4v) is 1.97. The Bertz CT molecular complexity index is 761. The van der Waals surface area contributed by atoms with E-state index in [0.717, 1.165) is 12.8 Å². The van der Waals surface area contributed by atoms with E-state index in [1.807, 2.05) is 0 Å². The number of nitrogens with zero attached hydrogens (tertiary/aromatic N) is 2. The van der Waals surface area contributed by atoms with Gasteiger partial charge in [0.1, 0.15) is 5.69 Å². The Hall–Kier alpha value is -2.88. The molecule has 2 N–H and O–H groups in total. The molecule has 0 amide bonds. The Kier molecular flexibility index (Phi) is 4.51. The van der Waals surface area contributed by atoms with Gasteiger partial charge in [-0.3, -0.25) is 14.9 Å². The van der Waals surface area contributed by atoms with E-state index in [0.29, 0.717) is 24.2 Å². The summed E-state index contributed by atoms with van der Waals surface area (Å²) < 4.78 is 0. The van der Waals surface area contributed by atoms with Crippen LogP contribution >= 0.6 is 0 Å². The Balaban J connectivity index is 2.29. The average molecular weight is 286 g/mol. The second-order valence-electron chi connectivity index (χ2n) is 4.46. The van der Waals surface area contributed by atoms with Crippen LogP contribution in [0.25, 0.3) is 10.9 Å². The Morgan fingerprint density at radius 1 is 1.43 bits per heavy atom. The Labute approximate surface area is 120 Å². The summed E-state index contributed by atoms with van der Waals surface area (Å²) in [6.45, 7) is 0.567. The van der Waals surface area contributed by atoms with Gasteiger partial charge < -0.3 is 10.3 Å². The normalized spacial score (nSPS) is 10.2. The summed E-state index contributed by atoms with van der Waals surface area (Å²) in [5, 5.41) is 14.3. The maximum atomic E-state index is 11.6. The highest BCUT2D eigenvalue weighted by molar-refractivity contribution is 5.86. The minimum absolute atomic E-state index is 0.141. The van der Waals surface area contributed by atoms with E-state index in [9.17, 15) is 14.9 Å².